The highest BCUT2D eigenvalue weighted by atomic mass is 32.2. The molecule has 0 aliphatic carbocycles. The van der Waals surface area contributed by atoms with Gasteiger partial charge in [-0.2, -0.15) is 0 Å². The Kier molecular flexibility index (Phi) is 4.16. The molecule has 0 aliphatic heterocycles. The fourth-order valence-electron chi connectivity index (χ4n) is 1.36. The van der Waals surface area contributed by atoms with Gasteiger partial charge in [0, 0.05) is 0 Å². The number of rotatable bonds is 4. The summed E-state index contributed by atoms with van der Waals surface area (Å²) < 4.78 is 24.0. The normalized spacial score (nSPS) is 12.4. The smallest absolute Gasteiger partial charge is 0.335 e. The van der Waals surface area contributed by atoms with Crippen molar-refractivity contribution in [3.8, 4) is 0 Å². The van der Waals surface area contributed by atoms with Crippen LogP contribution in [0, 0.1) is 5.41 Å². The van der Waals surface area contributed by atoms with Crippen LogP contribution in [0.5, 0.6) is 0 Å². The lowest BCUT2D eigenvalue weighted by atomic mass is 9.94. The van der Waals surface area contributed by atoms with Crippen molar-refractivity contribution in [2.75, 3.05) is 5.75 Å². The first-order chi connectivity index (χ1) is 8.12. The minimum atomic E-state index is -3.33. The summed E-state index contributed by atoms with van der Waals surface area (Å²) in [6.07, 6.45) is 0.565. The van der Waals surface area contributed by atoms with E-state index in [1.54, 1.807) is 0 Å². The van der Waals surface area contributed by atoms with Gasteiger partial charge in [-0.15, -0.1) is 0 Å². The molecule has 5 heteroatoms. The van der Waals surface area contributed by atoms with Crippen LogP contribution in [0.4, 0.5) is 0 Å². The molecule has 0 unspecified atom stereocenters. The molecule has 0 spiro atoms. The van der Waals surface area contributed by atoms with Gasteiger partial charge in [0.1, 0.15) is 0 Å². The molecule has 4 nitrogen and oxygen atoms in total. The Balaban J connectivity index is 2.89. The van der Waals surface area contributed by atoms with Gasteiger partial charge in [0.05, 0.1) is 16.2 Å². The lowest BCUT2D eigenvalue weighted by molar-refractivity contribution is 0.0696. The fourth-order valence-corrected chi connectivity index (χ4v) is 3.03. The molecule has 100 valence electrons. The van der Waals surface area contributed by atoms with Crippen LogP contribution >= 0.6 is 0 Å². The third-order valence-corrected chi connectivity index (χ3v) is 4.31. The monoisotopic (exact) mass is 270 g/mol. The highest BCUT2D eigenvalue weighted by Crippen LogP contribution is 2.22. The number of aromatic carboxylic acids is 1. The van der Waals surface area contributed by atoms with E-state index in [2.05, 4.69) is 0 Å². The van der Waals surface area contributed by atoms with Crippen molar-refractivity contribution >= 4 is 15.8 Å². The molecular weight excluding hydrogens is 252 g/mol. The zero-order valence-corrected chi connectivity index (χ0v) is 11.6. The maximum Gasteiger partial charge on any atom is 0.335 e. The Labute approximate surface area is 108 Å². The second kappa shape index (κ2) is 5.10. The Morgan fingerprint density at radius 3 is 2.06 bits per heavy atom. The molecule has 0 aromatic heterocycles. The topological polar surface area (TPSA) is 71.4 Å². The van der Waals surface area contributed by atoms with E-state index in [-0.39, 0.29) is 21.6 Å². The van der Waals surface area contributed by atoms with Gasteiger partial charge < -0.3 is 5.11 Å². The molecular formula is C13H18O4S. The molecule has 1 rings (SSSR count). The van der Waals surface area contributed by atoms with Crippen molar-refractivity contribution in [1.29, 1.82) is 0 Å². The molecule has 0 saturated heterocycles. The van der Waals surface area contributed by atoms with Crippen LogP contribution in [-0.4, -0.2) is 25.2 Å². The first-order valence-corrected chi connectivity index (χ1v) is 7.33. The Morgan fingerprint density at radius 1 is 1.17 bits per heavy atom. The third kappa shape index (κ3) is 4.14. The average molecular weight is 270 g/mol. The number of benzene rings is 1. The zero-order valence-electron chi connectivity index (χ0n) is 10.8. The Hall–Kier alpha value is -1.36. The van der Waals surface area contributed by atoms with Gasteiger partial charge in [0.25, 0.3) is 0 Å². The van der Waals surface area contributed by atoms with E-state index in [0.717, 1.165) is 0 Å². The molecule has 0 aliphatic rings. The average Bonchev–Trinajstić information content (AvgIpc) is 2.26. The summed E-state index contributed by atoms with van der Waals surface area (Å²) in [6.45, 7) is 5.95. The fraction of sp³-hybridized carbons (Fsp3) is 0.462. The van der Waals surface area contributed by atoms with E-state index >= 15 is 0 Å². The minimum absolute atomic E-state index is 0.0475. The van der Waals surface area contributed by atoms with Crippen molar-refractivity contribution < 1.29 is 18.3 Å². The number of carboxylic acid groups (broad SMARTS) is 1. The minimum Gasteiger partial charge on any atom is -0.478 e. The summed E-state index contributed by atoms with van der Waals surface area (Å²) in [5.41, 5.74) is 0.0402. The van der Waals surface area contributed by atoms with Crippen LogP contribution in [0.15, 0.2) is 29.2 Å². The lowest BCUT2D eigenvalue weighted by Crippen LogP contribution is -2.15. The molecule has 0 bridgehead atoms. The quantitative estimate of drug-likeness (QED) is 0.912. The van der Waals surface area contributed by atoms with Crippen molar-refractivity contribution in [1.82, 2.24) is 0 Å². The number of hydrogen-bond donors (Lipinski definition) is 1. The molecule has 0 heterocycles. The third-order valence-electron chi connectivity index (χ3n) is 2.58. The van der Waals surface area contributed by atoms with Gasteiger partial charge in [-0.05, 0) is 36.1 Å². The first kappa shape index (κ1) is 14.7. The van der Waals surface area contributed by atoms with Crippen molar-refractivity contribution in [2.24, 2.45) is 5.41 Å². The standard InChI is InChI=1S/C13H18O4S/c1-13(2,3)8-9-18(16,17)11-6-4-10(5-7-11)12(14)15/h4-7H,8-9H2,1-3H3,(H,14,15). The van der Waals surface area contributed by atoms with Gasteiger partial charge in [-0.25, -0.2) is 13.2 Å². The lowest BCUT2D eigenvalue weighted by Gasteiger charge is -2.17. The number of carboxylic acids is 1. The molecule has 1 aromatic rings. The van der Waals surface area contributed by atoms with E-state index in [4.69, 9.17) is 5.11 Å². The van der Waals surface area contributed by atoms with Crippen molar-refractivity contribution in [2.45, 2.75) is 32.1 Å². The molecule has 0 saturated carbocycles. The van der Waals surface area contributed by atoms with Crippen molar-refractivity contribution in [3.63, 3.8) is 0 Å². The van der Waals surface area contributed by atoms with Crippen LogP contribution in [0.3, 0.4) is 0 Å². The van der Waals surface area contributed by atoms with E-state index in [9.17, 15) is 13.2 Å². The SMILES string of the molecule is CC(C)(C)CCS(=O)(=O)c1ccc(C(=O)O)cc1. The van der Waals surface area contributed by atoms with Gasteiger partial charge in [-0.3, -0.25) is 0 Å². The summed E-state index contributed by atoms with van der Waals surface area (Å²) in [7, 11) is -3.33. The highest BCUT2D eigenvalue weighted by Gasteiger charge is 2.19. The van der Waals surface area contributed by atoms with Crippen LogP contribution in [0.2, 0.25) is 0 Å². The maximum absolute atomic E-state index is 12.0. The zero-order chi connectivity index (χ0) is 14.0. The first-order valence-electron chi connectivity index (χ1n) is 5.68. The van der Waals surface area contributed by atoms with Gasteiger partial charge >= 0.3 is 5.97 Å². The summed E-state index contributed by atoms with van der Waals surface area (Å²) in [6, 6.07) is 5.32. The predicted molar refractivity (Wildman–Crippen MR) is 69.5 cm³/mol. The predicted octanol–water partition coefficient (Wildman–Crippen LogP) is 2.59. The van der Waals surface area contributed by atoms with Crippen LogP contribution in [0.25, 0.3) is 0 Å². The second-order valence-electron chi connectivity index (χ2n) is 5.46. The molecule has 18 heavy (non-hydrogen) atoms. The molecule has 0 fully saturated rings. The molecule has 0 radical (unpaired) electrons. The summed E-state index contributed by atoms with van der Waals surface area (Å²) >= 11 is 0. The number of sulfone groups is 1. The van der Waals surface area contributed by atoms with E-state index in [0.29, 0.717) is 6.42 Å². The highest BCUT2D eigenvalue weighted by molar-refractivity contribution is 7.91. The van der Waals surface area contributed by atoms with Gasteiger partial charge in [0.2, 0.25) is 0 Å². The van der Waals surface area contributed by atoms with Gasteiger partial charge in [0.15, 0.2) is 9.84 Å². The van der Waals surface area contributed by atoms with Crippen LogP contribution < -0.4 is 0 Å². The van der Waals surface area contributed by atoms with Crippen molar-refractivity contribution in [3.05, 3.63) is 29.8 Å². The van der Waals surface area contributed by atoms with Gasteiger partial charge in [-0.1, -0.05) is 20.8 Å². The largest absolute Gasteiger partial charge is 0.478 e. The van der Waals surface area contributed by atoms with Crippen LogP contribution in [0.1, 0.15) is 37.6 Å². The van der Waals surface area contributed by atoms with E-state index in [1.165, 1.54) is 24.3 Å². The van der Waals surface area contributed by atoms with Crippen LogP contribution in [-0.2, 0) is 9.84 Å². The summed E-state index contributed by atoms with van der Waals surface area (Å²) in [5.74, 6) is -0.989. The maximum atomic E-state index is 12.0. The number of carbonyl (C=O) groups is 1. The molecule has 0 atom stereocenters. The molecule has 1 aromatic carbocycles. The van der Waals surface area contributed by atoms with E-state index < -0.39 is 15.8 Å². The Morgan fingerprint density at radius 2 is 1.67 bits per heavy atom. The van der Waals surface area contributed by atoms with E-state index in [1.807, 2.05) is 20.8 Å². The summed E-state index contributed by atoms with van der Waals surface area (Å²) in [5, 5.41) is 8.74. The number of hydrogen-bond acceptors (Lipinski definition) is 3. The molecule has 1 N–H and O–H groups in total. The summed E-state index contributed by atoms with van der Waals surface area (Å²) in [4.78, 5) is 10.8. The molecule has 0 amide bonds. The Bertz CT molecular complexity index is 521. The second-order valence-corrected chi connectivity index (χ2v) is 7.57.